The molecule has 0 aliphatic carbocycles. The molecular formula is C18H9BrCl2N2S. The Hall–Kier alpha value is -1.64. The molecule has 0 amide bonds. The average molecular weight is 436 g/mol. The zero-order valence-corrected chi connectivity index (χ0v) is 16.0. The van der Waals surface area contributed by atoms with Crippen molar-refractivity contribution in [3.8, 4) is 17.3 Å². The number of allylic oxidation sites excluding steroid dienone is 1. The maximum absolute atomic E-state index is 9.46. The van der Waals surface area contributed by atoms with E-state index in [1.54, 1.807) is 12.1 Å². The molecule has 0 atom stereocenters. The molecule has 118 valence electrons. The van der Waals surface area contributed by atoms with Crippen molar-refractivity contribution < 1.29 is 0 Å². The third kappa shape index (κ3) is 3.88. The molecule has 1 heterocycles. The van der Waals surface area contributed by atoms with E-state index in [0.29, 0.717) is 20.6 Å². The largest absolute Gasteiger partial charge is 0.235 e. The van der Waals surface area contributed by atoms with Gasteiger partial charge >= 0.3 is 0 Å². The van der Waals surface area contributed by atoms with Crippen molar-refractivity contribution in [3.63, 3.8) is 0 Å². The topological polar surface area (TPSA) is 36.7 Å². The summed E-state index contributed by atoms with van der Waals surface area (Å²) in [5, 5.41) is 13.0. The summed E-state index contributed by atoms with van der Waals surface area (Å²) in [6, 6.07) is 15.3. The van der Waals surface area contributed by atoms with Crippen LogP contribution in [-0.2, 0) is 0 Å². The van der Waals surface area contributed by atoms with Crippen molar-refractivity contribution >= 4 is 62.1 Å². The molecule has 0 bridgehead atoms. The smallest absolute Gasteiger partial charge is 0.134 e. The van der Waals surface area contributed by atoms with Gasteiger partial charge in [-0.3, -0.25) is 0 Å². The van der Waals surface area contributed by atoms with E-state index in [0.717, 1.165) is 21.3 Å². The van der Waals surface area contributed by atoms with E-state index in [4.69, 9.17) is 23.2 Å². The highest BCUT2D eigenvalue weighted by atomic mass is 79.9. The Balaban J connectivity index is 1.94. The second kappa shape index (κ2) is 7.50. The summed E-state index contributed by atoms with van der Waals surface area (Å²) < 4.78 is 0.995. The van der Waals surface area contributed by atoms with E-state index in [9.17, 15) is 5.26 Å². The second-order valence-corrected chi connectivity index (χ2v) is 7.48. The number of benzene rings is 2. The number of hydrogen-bond donors (Lipinski definition) is 0. The Bertz CT molecular complexity index is 956. The molecule has 0 aliphatic rings. The molecule has 2 nitrogen and oxygen atoms in total. The summed E-state index contributed by atoms with van der Waals surface area (Å²) in [6.45, 7) is 0. The Labute approximate surface area is 162 Å². The van der Waals surface area contributed by atoms with Crippen LogP contribution in [0.2, 0.25) is 10.0 Å². The van der Waals surface area contributed by atoms with Crippen LogP contribution in [0.5, 0.6) is 0 Å². The third-order valence-corrected chi connectivity index (χ3v) is 5.39. The van der Waals surface area contributed by atoms with Crippen LogP contribution in [0.4, 0.5) is 0 Å². The molecule has 0 saturated carbocycles. The number of nitrogens with zero attached hydrogens (tertiary/aromatic N) is 2. The second-order valence-electron chi connectivity index (χ2n) is 4.89. The van der Waals surface area contributed by atoms with Gasteiger partial charge in [0, 0.05) is 15.4 Å². The van der Waals surface area contributed by atoms with Gasteiger partial charge in [-0.25, -0.2) is 4.98 Å². The lowest BCUT2D eigenvalue weighted by Crippen LogP contribution is -1.83. The van der Waals surface area contributed by atoms with Gasteiger partial charge in [0.25, 0.3) is 0 Å². The van der Waals surface area contributed by atoms with Crippen LogP contribution < -0.4 is 0 Å². The Morgan fingerprint density at radius 3 is 2.54 bits per heavy atom. The van der Waals surface area contributed by atoms with Crippen molar-refractivity contribution in [1.29, 1.82) is 5.26 Å². The van der Waals surface area contributed by atoms with E-state index >= 15 is 0 Å². The zero-order valence-electron chi connectivity index (χ0n) is 12.1. The van der Waals surface area contributed by atoms with Gasteiger partial charge in [-0.15, -0.1) is 11.3 Å². The SMILES string of the molecule is N#C/C(=C\c1ccc(Br)cc1)c1nc(-c2ccc(Cl)c(Cl)c2)cs1. The highest BCUT2D eigenvalue weighted by Crippen LogP contribution is 2.31. The molecule has 0 aliphatic heterocycles. The fraction of sp³-hybridized carbons (Fsp3) is 0. The lowest BCUT2D eigenvalue weighted by atomic mass is 10.1. The molecule has 0 unspecified atom stereocenters. The predicted molar refractivity (Wildman–Crippen MR) is 105 cm³/mol. The molecule has 3 aromatic rings. The summed E-state index contributed by atoms with van der Waals surface area (Å²) in [6.07, 6.45) is 1.82. The number of aromatic nitrogens is 1. The number of rotatable bonds is 3. The molecule has 1 aromatic heterocycles. The first-order valence-corrected chi connectivity index (χ1v) is 9.28. The quantitative estimate of drug-likeness (QED) is 0.417. The lowest BCUT2D eigenvalue weighted by molar-refractivity contribution is 1.37. The van der Waals surface area contributed by atoms with Crippen molar-refractivity contribution in [1.82, 2.24) is 4.98 Å². The summed E-state index contributed by atoms with van der Waals surface area (Å²) >= 11 is 16.8. The maximum Gasteiger partial charge on any atom is 0.134 e. The first kappa shape index (κ1) is 17.2. The van der Waals surface area contributed by atoms with Crippen LogP contribution in [0.25, 0.3) is 22.9 Å². The number of nitriles is 1. The molecule has 2 aromatic carbocycles. The number of hydrogen-bond acceptors (Lipinski definition) is 3. The zero-order chi connectivity index (χ0) is 17.1. The van der Waals surface area contributed by atoms with Gasteiger partial charge in [-0.1, -0.05) is 57.3 Å². The molecule has 0 fully saturated rings. The van der Waals surface area contributed by atoms with Gasteiger partial charge in [-0.05, 0) is 35.9 Å². The van der Waals surface area contributed by atoms with Crippen LogP contribution in [0.15, 0.2) is 52.3 Å². The van der Waals surface area contributed by atoms with Crippen LogP contribution >= 0.6 is 50.5 Å². The minimum absolute atomic E-state index is 0.481. The monoisotopic (exact) mass is 434 g/mol. The molecule has 0 N–H and O–H groups in total. The van der Waals surface area contributed by atoms with Crippen molar-refractivity contribution in [2.24, 2.45) is 0 Å². The Morgan fingerprint density at radius 2 is 1.88 bits per heavy atom. The van der Waals surface area contributed by atoms with Crippen LogP contribution in [0.3, 0.4) is 0 Å². The molecule has 0 saturated heterocycles. The molecule has 0 spiro atoms. The molecule has 3 rings (SSSR count). The minimum Gasteiger partial charge on any atom is -0.235 e. The van der Waals surface area contributed by atoms with Gasteiger partial charge in [-0.2, -0.15) is 5.26 Å². The fourth-order valence-electron chi connectivity index (χ4n) is 2.05. The first-order valence-electron chi connectivity index (χ1n) is 6.85. The highest BCUT2D eigenvalue weighted by molar-refractivity contribution is 9.10. The van der Waals surface area contributed by atoms with E-state index in [1.165, 1.54) is 11.3 Å². The molecular weight excluding hydrogens is 427 g/mol. The average Bonchev–Trinajstić information content (AvgIpc) is 3.06. The van der Waals surface area contributed by atoms with E-state index in [1.807, 2.05) is 41.8 Å². The van der Waals surface area contributed by atoms with Gasteiger partial charge in [0.05, 0.1) is 21.3 Å². The van der Waals surface area contributed by atoms with Gasteiger partial charge < -0.3 is 0 Å². The molecule has 24 heavy (non-hydrogen) atoms. The summed E-state index contributed by atoms with van der Waals surface area (Å²) in [7, 11) is 0. The van der Waals surface area contributed by atoms with Crippen LogP contribution in [0, 0.1) is 11.3 Å². The normalized spacial score (nSPS) is 11.3. The summed E-state index contributed by atoms with van der Waals surface area (Å²) in [5.41, 5.74) is 3.10. The van der Waals surface area contributed by atoms with Crippen molar-refractivity contribution in [2.45, 2.75) is 0 Å². The molecule has 0 radical (unpaired) electrons. The van der Waals surface area contributed by atoms with Gasteiger partial charge in [0.1, 0.15) is 11.1 Å². The highest BCUT2D eigenvalue weighted by Gasteiger charge is 2.10. The van der Waals surface area contributed by atoms with Gasteiger partial charge in [0.2, 0.25) is 0 Å². The molecule has 6 heteroatoms. The predicted octanol–water partition coefficient (Wildman–Crippen LogP) is 6.94. The summed E-state index contributed by atoms with van der Waals surface area (Å²) in [5.74, 6) is 0. The number of halogens is 3. The summed E-state index contributed by atoms with van der Waals surface area (Å²) in [4.78, 5) is 4.55. The maximum atomic E-state index is 9.46. The fourth-order valence-corrected chi connectivity index (χ4v) is 3.41. The van der Waals surface area contributed by atoms with Crippen molar-refractivity contribution in [3.05, 3.63) is 72.9 Å². The van der Waals surface area contributed by atoms with E-state index in [2.05, 4.69) is 27.0 Å². The van der Waals surface area contributed by atoms with E-state index in [-0.39, 0.29) is 0 Å². The first-order chi connectivity index (χ1) is 11.6. The Kier molecular flexibility index (Phi) is 5.37. The van der Waals surface area contributed by atoms with E-state index < -0.39 is 0 Å². The van der Waals surface area contributed by atoms with Gasteiger partial charge in [0.15, 0.2) is 0 Å². The number of thiazole rings is 1. The third-order valence-electron chi connectivity index (χ3n) is 3.25. The minimum atomic E-state index is 0.481. The van der Waals surface area contributed by atoms with Crippen LogP contribution in [0.1, 0.15) is 10.6 Å². The van der Waals surface area contributed by atoms with Crippen LogP contribution in [-0.4, -0.2) is 4.98 Å². The standard InChI is InChI=1S/C18H9BrCl2N2S/c19-14-4-1-11(2-5-14)7-13(9-22)18-23-17(10-24-18)12-3-6-15(20)16(21)8-12/h1-8,10H/b13-7+. The lowest BCUT2D eigenvalue weighted by Gasteiger charge is -1.99. The van der Waals surface area contributed by atoms with Crippen molar-refractivity contribution in [2.75, 3.05) is 0 Å². The Morgan fingerprint density at radius 1 is 1.12 bits per heavy atom.